The molecule has 1 atom stereocenters. The quantitative estimate of drug-likeness (QED) is 0.785. The van der Waals surface area contributed by atoms with Crippen LogP contribution in [0, 0.1) is 5.82 Å². The van der Waals surface area contributed by atoms with Gasteiger partial charge in [0.05, 0.1) is 16.9 Å². The molecule has 124 valence electrons. The van der Waals surface area contributed by atoms with Gasteiger partial charge in [-0.3, -0.25) is 9.78 Å². The van der Waals surface area contributed by atoms with Gasteiger partial charge in [-0.2, -0.15) is 0 Å². The van der Waals surface area contributed by atoms with Crippen molar-refractivity contribution in [3.8, 4) is 0 Å². The summed E-state index contributed by atoms with van der Waals surface area (Å²) in [6.07, 6.45) is 1.13. The van der Waals surface area contributed by atoms with Gasteiger partial charge in [-0.25, -0.2) is 4.39 Å². The minimum atomic E-state index is -0.513. The van der Waals surface area contributed by atoms with Gasteiger partial charge < -0.3 is 10.2 Å². The minimum Gasteiger partial charge on any atom is -0.358 e. The molecule has 0 fully saturated rings. The normalized spacial score (nSPS) is 16.0. The van der Waals surface area contributed by atoms with Crippen LogP contribution in [-0.2, 0) is 6.54 Å². The van der Waals surface area contributed by atoms with Crippen molar-refractivity contribution in [3.63, 3.8) is 0 Å². The molecule has 4 rings (SSSR count). The van der Waals surface area contributed by atoms with Gasteiger partial charge in [0.2, 0.25) is 0 Å². The fourth-order valence-corrected chi connectivity index (χ4v) is 3.05. The second-order valence-electron chi connectivity index (χ2n) is 5.88. The maximum absolute atomic E-state index is 14.1. The van der Waals surface area contributed by atoms with Crippen molar-refractivity contribution in [2.75, 3.05) is 5.32 Å². The first kappa shape index (κ1) is 15.3. The number of nitrogens with one attached hydrogen (secondary N) is 1. The minimum absolute atomic E-state index is 0.110. The smallest absolute Gasteiger partial charge is 0.258 e. The Bertz CT molecular complexity index is 914. The number of amides is 1. The molecule has 1 aliphatic rings. The van der Waals surface area contributed by atoms with Crippen molar-refractivity contribution in [2.45, 2.75) is 12.7 Å². The van der Waals surface area contributed by atoms with Crippen LogP contribution < -0.4 is 5.32 Å². The molecule has 1 aromatic heterocycles. The molecule has 2 heterocycles. The maximum Gasteiger partial charge on any atom is 0.258 e. The molecule has 0 aliphatic carbocycles. The van der Waals surface area contributed by atoms with E-state index in [2.05, 4.69) is 10.3 Å². The Hall–Kier alpha value is -3.21. The van der Waals surface area contributed by atoms with Crippen LogP contribution in [0.1, 0.15) is 27.8 Å². The number of rotatable bonds is 4. The lowest BCUT2D eigenvalue weighted by Crippen LogP contribution is -2.32. The predicted octanol–water partition coefficient (Wildman–Crippen LogP) is 3.99. The number of fused-ring (bicyclic) bond motifs is 1. The van der Waals surface area contributed by atoms with Gasteiger partial charge in [-0.15, -0.1) is 0 Å². The lowest BCUT2D eigenvalue weighted by molar-refractivity contribution is 0.0727. The van der Waals surface area contributed by atoms with E-state index < -0.39 is 6.17 Å². The summed E-state index contributed by atoms with van der Waals surface area (Å²) in [5, 5.41) is 3.13. The van der Waals surface area contributed by atoms with Crippen LogP contribution in [0.5, 0.6) is 0 Å². The first-order valence-electron chi connectivity index (χ1n) is 8.05. The van der Waals surface area contributed by atoms with E-state index in [0.717, 1.165) is 5.56 Å². The highest BCUT2D eigenvalue weighted by atomic mass is 19.1. The van der Waals surface area contributed by atoms with Crippen LogP contribution in [0.3, 0.4) is 0 Å². The summed E-state index contributed by atoms with van der Waals surface area (Å²) in [5.41, 5.74) is 2.51. The van der Waals surface area contributed by atoms with Crippen molar-refractivity contribution in [1.29, 1.82) is 0 Å². The first-order valence-corrected chi connectivity index (χ1v) is 8.05. The summed E-state index contributed by atoms with van der Waals surface area (Å²) < 4.78 is 14.1. The van der Waals surface area contributed by atoms with E-state index in [0.29, 0.717) is 23.5 Å². The molecule has 25 heavy (non-hydrogen) atoms. The topological polar surface area (TPSA) is 45.2 Å². The standard InChI is InChI=1S/C20H16FN3O/c21-16-10-4-5-11-17(16)23-19-18-15(9-6-12-22-18)20(25)24(19)13-14-7-2-1-3-8-14/h1-12,19,23H,13H2. The Balaban J connectivity index is 1.71. The lowest BCUT2D eigenvalue weighted by atomic mass is 10.2. The third-order valence-corrected chi connectivity index (χ3v) is 4.26. The van der Waals surface area contributed by atoms with Crippen LogP contribution in [0.25, 0.3) is 0 Å². The highest BCUT2D eigenvalue weighted by Crippen LogP contribution is 2.34. The van der Waals surface area contributed by atoms with E-state index in [4.69, 9.17) is 0 Å². The SMILES string of the molecule is O=C1c2cccnc2C(Nc2ccccc2F)N1Cc1ccccc1. The number of hydrogen-bond acceptors (Lipinski definition) is 3. The molecular formula is C20H16FN3O. The molecule has 3 aromatic rings. The predicted molar refractivity (Wildman–Crippen MR) is 93.3 cm³/mol. The Labute approximate surface area is 144 Å². The van der Waals surface area contributed by atoms with Gasteiger partial charge in [-0.1, -0.05) is 42.5 Å². The fraction of sp³-hybridized carbons (Fsp3) is 0.100. The lowest BCUT2D eigenvalue weighted by Gasteiger charge is -2.26. The molecule has 4 nitrogen and oxygen atoms in total. The number of aromatic nitrogens is 1. The Morgan fingerprint density at radius 2 is 1.76 bits per heavy atom. The third-order valence-electron chi connectivity index (χ3n) is 4.26. The molecule has 0 saturated heterocycles. The Kier molecular flexibility index (Phi) is 3.90. The molecule has 5 heteroatoms. The second kappa shape index (κ2) is 6.36. The number of anilines is 1. The Morgan fingerprint density at radius 1 is 1.00 bits per heavy atom. The number of benzene rings is 2. The number of carbonyl (C=O) groups excluding carboxylic acids is 1. The summed E-state index contributed by atoms with van der Waals surface area (Å²) in [6, 6.07) is 19.6. The molecule has 0 bridgehead atoms. The van der Waals surface area contributed by atoms with E-state index in [1.165, 1.54) is 6.07 Å². The molecule has 1 N–H and O–H groups in total. The molecule has 2 aromatic carbocycles. The molecule has 0 spiro atoms. The van der Waals surface area contributed by atoms with Gasteiger partial charge in [0.25, 0.3) is 5.91 Å². The average molecular weight is 333 g/mol. The van der Waals surface area contributed by atoms with E-state index >= 15 is 0 Å². The summed E-state index contributed by atoms with van der Waals surface area (Å²) in [6.45, 7) is 0.419. The summed E-state index contributed by atoms with van der Waals surface area (Å²) in [5.74, 6) is -0.472. The zero-order valence-corrected chi connectivity index (χ0v) is 13.4. The number of carbonyl (C=O) groups is 1. The molecular weight excluding hydrogens is 317 g/mol. The largest absolute Gasteiger partial charge is 0.358 e. The first-order chi connectivity index (χ1) is 12.2. The monoisotopic (exact) mass is 333 g/mol. The van der Waals surface area contributed by atoms with Crippen molar-refractivity contribution >= 4 is 11.6 Å². The van der Waals surface area contributed by atoms with Crippen LogP contribution >= 0.6 is 0 Å². The Morgan fingerprint density at radius 3 is 2.56 bits per heavy atom. The molecule has 1 unspecified atom stereocenters. The third kappa shape index (κ3) is 2.85. The zero-order chi connectivity index (χ0) is 17.2. The molecule has 1 aliphatic heterocycles. The molecule has 0 radical (unpaired) electrons. The van der Waals surface area contributed by atoms with E-state index in [-0.39, 0.29) is 11.7 Å². The zero-order valence-electron chi connectivity index (χ0n) is 13.4. The van der Waals surface area contributed by atoms with E-state index in [1.807, 2.05) is 30.3 Å². The fourth-order valence-electron chi connectivity index (χ4n) is 3.05. The van der Waals surface area contributed by atoms with Gasteiger partial charge in [-0.05, 0) is 29.8 Å². The van der Waals surface area contributed by atoms with Crippen LogP contribution in [0.4, 0.5) is 10.1 Å². The number of nitrogens with zero attached hydrogens (tertiary/aromatic N) is 2. The molecule has 0 saturated carbocycles. The van der Waals surface area contributed by atoms with Crippen molar-refractivity contribution in [3.05, 3.63) is 95.6 Å². The van der Waals surface area contributed by atoms with Crippen LogP contribution in [-0.4, -0.2) is 15.8 Å². The highest BCUT2D eigenvalue weighted by molar-refractivity contribution is 5.98. The van der Waals surface area contributed by atoms with E-state index in [9.17, 15) is 9.18 Å². The average Bonchev–Trinajstić information content (AvgIpc) is 2.91. The van der Waals surface area contributed by atoms with Crippen molar-refractivity contribution in [1.82, 2.24) is 9.88 Å². The van der Waals surface area contributed by atoms with Gasteiger partial charge >= 0.3 is 0 Å². The summed E-state index contributed by atoms with van der Waals surface area (Å²) >= 11 is 0. The number of para-hydroxylation sites is 1. The maximum atomic E-state index is 14.1. The van der Waals surface area contributed by atoms with Gasteiger partial charge in [0.15, 0.2) is 0 Å². The summed E-state index contributed by atoms with van der Waals surface area (Å²) in [7, 11) is 0. The second-order valence-corrected chi connectivity index (χ2v) is 5.88. The molecule has 1 amide bonds. The van der Waals surface area contributed by atoms with Gasteiger partial charge in [0.1, 0.15) is 12.0 Å². The van der Waals surface area contributed by atoms with Crippen molar-refractivity contribution < 1.29 is 9.18 Å². The number of hydrogen-bond donors (Lipinski definition) is 1. The van der Waals surface area contributed by atoms with Crippen molar-refractivity contribution in [2.24, 2.45) is 0 Å². The van der Waals surface area contributed by atoms with Gasteiger partial charge in [0, 0.05) is 12.7 Å². The van der Waals surface area contributed by atoms with Crippen LogP contribution in [0.2, 0.25) is 0 Å². The number of halogens is 1. The highest BCUT2D eigenvalue weighted by Gasteiger charge is 2.38. The van der Waals surface area contributed by atoms with E-state index in [1.54, 1.807) is 41.4 Å². The van der Waals surface area contributed by atoms with Crippen LogP contribution in [0.15, 0.2) is 72.9 Å². The number of pyridine rings is 1. The summed E-state index contributed by atoms with van der Waals surface area (Å²) in [4.78, 5) is 18.9.